The second-order valence-electron chi connectivity index (χ2n) is 12.1. The molecule has 0 fully saturated rings. The fraction of sp³-hybridized carbons (Fsp3) is 0. The molecule has 0 amide bonds. The molecule has 0 aliphatic rings. The number of fused-ring (bicyclic) bond motifs is 3. The van der Waals surface area contributed by atoms with E-state index in [1.165, 1.54) is 11.1 Å². The molecule has 9 rings (SSSR count). The zero-order chi connectivity index (χ0) is 32.6. The number of furan rings is 1. The fourth-order valence-electron chi connectivity index (χ4n) is 6.44. The highest BCUT2D eigenvalue weighted by Crippen LogP contribution is 2.36. The van der Waals surface area contributed by atoms with Gasteiger partial charge >= 0.3 is 0 Å². The van der Waals surface area contributed by atoms with Crippen molar-refractivity contribution in [1.29, 1.82) is 0 Å². The van der Waals surface area contributed by atoms with Crippen molar-refractivity contribution in [3.63, 3.8) is 0 Å². The van der Waals surface area contributed by atoms with Crippen LogP contribution >= 0.6 is 0 Å². The lowest BCUT2D eigenvalue weighted by molar-refractivity contribution is 0.669. The van der Waals surface area contributed by atoms with Gasteiger partial charge in [-0.25, -0.2) is 15.0 Å². The molecule has 0 spiro atoms. The molecule has 7 aromatic carbocycles. The molecule has 49 heavy (non-hydrogen) atoms. The average Bonchev–Trinajstić information content (AvgIpc) is 3.58. The van der Waals surface area contributed by atoms with Crippen molar-refractivity contribution in [2.75, 3.05) is 0 Å². The van der Waals surface area contributed by atoms with Crippen molar-refractivity contribution in [2.24, 2.45) is 0 Å². The molecule has 0 unspecified atom stereocenters. The maximum Gasteiger partial charge on any atom is 0.167 e. The summed E-state index contributed by atoms with van der Waals surface area (Å²) in [6.07, 6.45) is 0. The molecule has 0 bridgehead atoms. The third-order valence-corrected chi connectivity index (χ3v) is 8.98. The van der Waals surface area contributed by atoms with Crippen LogP contribution in [-0.2, 0) is 0 Å². The largest absolute Gasteiger partial charge is 0.455 e. The van der Waals surface area contributed by atoms with Crippen LogP contribution in [0.15, 0.2) is 180 Å². The van der Waals surface area contributed by atoms with Crippen LogP contribution in [0.4, 0.5) is 0 Å². The minimum absolute atomic E-state index is 0.566. The van der Waals surface area contributed by atoms with Crippen LogP contribution in [0.5, 0.6) is 0 Å². The second kappa shape index (κ2) is 12.2. The van der Waals surface area contributed by atoms with Gasteiger partial charge in [-0.1, -0.05) is 158 Å². The van der Waals surface area contributed by atoms with Crippen molar-refractivity contribution in [3.8, 4) is 67.5 Å². The van der Waals surface area contributed by atoms with Crippen molar-refractivity contribution in [3.05, 3.63) is 176 Å². The number of rotatable bonds is 6. The Balaban J connectivity index is 1.15. The number of aromatic nitrogens is 3. The Morgan fingerprint density at radius 1 is 0.306 bits per heavy atom. The summed E-state index contributed by atoms with van der Waals surface area (Å²) >= 11 is 0. The fourth-order valence-corrected chi connectivity index (χ4v) is 6.44. The van der Waals surface area contributed by atoms with E-state index in [1.54, 1.807) is 0 Å². The van der Waals surface area contributed by atoms with Crippen molar-refractivity contribution < 1.29 is 4.42 Å². The number of para-hydroxylation sites is 2. The van der Waals surface area contributed by atoms with E-state index in [2.05, 4.69) is 133 Å². The molecule has 0 aliphatic heterocycles. The molecule has 2 aromatic heterocycles. The zero-order valence-electron chi connectivity index (χ0n) is 26.5. The van der Waals surface area contributed by atoms with Crippen LogP contribution in [0, 0.1) is 0 Å². The maximum atomic E-state index is 6.40. The van der Waals surface area contributed by atoms with Gasteiger partial charge < -0.3 is 4.42 Å². The Hall–Kier alpha value is -6.65. The quantitative estimate of drug-likeness (QED) is 0.184. The van der Waals surface area contributed by atoms with Crippen LogP contribution in [0.2, 0.25) is 0 Å². The minimum Gasteiger partial charge on any atom is -0.455 e. The van der Waals surface area contributed by atoms with Gasteiger partial charge in [0.2, 0.25) is 0 Å². The summed E-state index contributed by atoms with van der Waals surface area (Å²) < 4.78 is 6.40. The molecule has 4 nitrogen and oxygen atoms in total. The Labute approximate surface area is 284 Å². The molecule has 9 aromatic rings. The van der Waals surface area contributed by atoms with Crippen LogP contribution in [0.3, 0.4) is 0 Å². The lowest BCUT2D eigenvalue weighted by atomic mass is 9.98. The smallest absolute Gasteiger partial charge is 0.167 e. The SMILES string of the molecule is c1ccc(-c2ccc(-c3nc(-c4ccc(-c5cccc(-c6ccccc6)c5)cc4)nc(-c4cccc5c4oc4ccccc45)n3)cc2)cc1. The number of hydrogen-bond acceptors (Lipinski definition) is 4. The first-order valence-corrected chi connectivity index (χ1v) is 16.4. The molecule has 230 valence electrons. The summed E-state index contributed by atoms with van der Waals surface area (Å²) in [5.74, 6) is 1.77. The molecule has 0 saturated carbocycles. The van der Waals surface area contributed by atoms with E-state index < -0.39 is 0 Å². The number of nitrogens with zero attached hydrogens (tertiary/aromatic N) is 3. The Kier molecular flexibility index (Phi) is 7.10. The zero-order valence-corrected chi connectivity index (χ0v) is 26.5. The molecular formula is C45H29N3O. The third kappa shape index (κ3) is 5.45. The van der Waals surface area contributed by atoms with E-state index in [-0.39, 0.29) is 0 Å². The summed E-state index contributed by atoms with van der Waals surface area (Å²) in [5, 5.41) is 2.10. The van der Waals surface area contributed by atoms with Gasteiger partial charge in [-0.05, 0) is 51.6 Å². The molecule has 4 heteroatoms. The second-order valence-corrected chi connectivity index (χ2v) is 12.1. The highest BCUT2D eigenvalue weighted by molar-refractivity contribution is 6.09. The lowest BCUT2D eigenvalue weighted by Crippen LogP contribution is -2.00. The molecule has 0 N–H and O–H groups in total. The average molecular weight is 628 g/mol. The molecule has 0 aliphatic carbocycles. The van der Waals surface area contributed by atoms with Crippen molar-refractivity contribution in [2.45, 2.75) is 0 Å². The summed E-state index contributed by atoms with van der Waals surface area (Å²) in [7, 11) is 0. The predicted octanol–water partition coefficient (Wildman–Crippen LogP) is 11.8. The van der Waals surface area contributed by atoms with Crippen LogP contribution < -0.4 is 0 Å². The van der Waals surface area contributed by atoms with E-state index in [0.717, 1.165) is 60.9 Å². The Morgan fingerprint density at radius 2 is 0.735 bits per heavy atom. The summed E-state index contributed by atoms with van der Waals surface area (Å²) in [6.45, 7) is 0. The van der Waals surface area contributed by atoms with Gasteiger partial charge in [0.1, 0.15) is 11.2 Å². The van der Waals surface area contributed by atoms with Gasteiger partial charge in [-0.2, -0.15) is 0 Å². The van der Waals surface area contributed by atoms with Crippen LogP contribution in [0.25, 0.3) is 89.5 Å². The predicted molar refractivity (Wildman–Crippen MR) is 200 cm³/mol. The van der Waals surface area contributed by atoms with Crippen molar-refractivity contribution in [1.82, 2.24) is 15.0 Å². The van der Waals surface area contributed by atoms with Crippen LogP contribution in [0.1, 0.15) is 0 Å². The summed E-state index contributed by atoms with van der Waals surface area (Å²) in [4.78, 5) is 15.1. The highest BCUT2D eigenvalue weighted by atomic mass is 16.3. The van der Waals surface area contributed by atoms with Crippen molar-refractivity contribution >= 4 is 21.9 Å². The van der Waals surface area contributed by atoms with E-state index in [0.29, 0.717) is 17.5 Å². The normalized spacial score (nSPS) is 11.3. The van der Waals surface area contributed by atoms with E-state index in [9.17, 15) is 0 Å². The number of hydrogen-bond donors (Lipinski definition) is 0. The van der Waals surface area contributed by atoms with Gasteiger partial charge in [-0.3, -0.25) is 0 Å². The van der Waals surface area contributed by atoms with Gasteiger partial charge in [0.25, 0.3) is 0 Å². The summed E-state index contributed by atoms with van der Waals surface area (Å²) in [6, 6.07) is 60.6. The topological polar surface area (TPSA) is 51.8 Å². The molecule has 2 heterocycles. The lowest BCUT2D eigenvalue weighted by Gasteiger charge is -2.10. The Bertz CT molecular complexity index is 2570. The first-order chi connectivity index (χ1) is 24.3. The monoisotopic (exact) mass is 627 g/mol. The van der Waals surface area contributed by atoms with E-state index in [4.69, 9.17) is 19.4 Å². The van der Waals surface area contributed by atoms with Gasteiger partial charge in [-0.15, -0.1) is 0 Å². The first kappa shape index (κ1) is 28.6. The van der Waals surface area contributed by atoms with Gasteiger partial charge in [0.05, 0.1) is 5.56 Å². The third-order valence-electron chi connectivity index (χ3n) is 8.98. The standard InChI is InChI=1S/C45H29N3O/c1-3-11-30(12-4-1)32-21-25-34(26-22-32)43-46-44(48-45(47-43)40-19-10-18-39-38-17-7-8-20-41(38)49-42(39)40)35-27-23-33(24-28-35)37-16-9-15-36(29-37)31-13-5-2-6-14-31/h1-29H. The van der Waals surface area contributed by atoms with E-state index >= 15 is 0 Å². The highest BCUT2D eigenvalue weighted by Gasteiger charge is 2.18. The van der Waals surface area contributed by atoms with Gasteiger partial charge in [0.15, 0.2) is 17.5 Å². The van der Waals surface area contributed by atoms with E-state index in [1.807, 2.05) is 42.5 Å². The first-order valence-electron chi connectivity index (χ1n) is 16.4. The summed E-state index contributed by atoms with van der Waals surface area (Å²) in [5.41, 5.74) is 11.2. The maximum absolute atomic E-state index is 6.40. The molecular weight excluding hydrogens is 599 g/mol. The minimum atomic E-state index is 0.566. The molecule has 0 atom stereocenters. The van der Waals surface area contributed by atoms with Gasteiger partial charge in [0, 0.05) is 21.9 Å². The molecule has 0 radical (unpaired) electrons. The molecule has 0 saturated heterocycles. The Morgan fingerprint density at radius 3 is 1.37 bits per heavy atom. The number of benzene rings is 7. The van der Waals surface area contributed by atoms with Crippen LogP contribution in [-0.4, -0.2) is 15.0 Å².